The van der Waals surface area contributed by atoms with Gasteiger partial charge in [-0.3, -0.25) is 9.78 Å². The number of nitrogens with zero attached hydrogens (tertiary/aromatic N) is 2. The van der Waals surface area contributed by atoms with Crippen LogP contribution >= 0.6 is 15.9 Å². The number of primary amides is 1. The summed E-state index contributed by atoms with van der Waals surface area (Å²) in [5.74, 6) is -0.255. The van der Waals surface area contributed by atoms with Gasteiger partial charge in [0.2, 0.25) is 5.91 Å². The summed E-state index contributed by atoms with van der Waals surface area (Å²) in [6, 6.07) is 2.44. The quantitative estimate of drug-likeness (QED) is 0.907. The van der Waals surface area contributed by atoms with Crippen LogP contribution in [-0.2, 0) is 4.79 Å². The number of hydrogen-bond acceptors (Lipinski definition) is 3. The molecule has 0 saturated carbocycles. The summed E-state index contributed by atoms with van der Waals surface area (Å²) in [6.07, 6.45) is 5.45. The van der Waals surface area contributed by atoms with E-state index in [1.54, 1.807) is 6.20 Å². The van der Waals surface area contributed by atoms with Crippen LogP contribution in [0.4, 0.5) is 5.69 Å². The van der Waals surface area contributed by atoms with Crippen LogP contribution in [0.3, 0.4) is 0 Å². The highest BCUT2D eigenvalue weighted by molar-refractivity contribution is 9.10. The molecule has 0 spiro atoms. The molecule has 2 atom stereocenters. The van der Waals surface area contributed by atoms with Gasteiger partial charge in [0.15, 0.2) is 0 Å². The van der Waals surface area contributed by atoms with Gasteiger partial charge >= 0.3 is 0 Å². The van der Waals surface area contributed by atoms with Gasteiger partial charge in [-0.25, -0.2) is 0 Å². The molecule has 92 valence electrons. The van der Waals surface area contributed by atoms with Gasteiger partial charge in [-0.05, 0) is 41.8 Å². The molecule has 5 heteroatoms. The van der Waals surface area contributed by atoms with Gasteiger partial charge in [-0.2, -0.15) is 0 Å². The number of amides is 1. The maximum Gasteiger partial charge on any atom is 0.222 e. The fourth-order valence-corrected chi connectivity index (χ4v) is 2.61. The van der Waals surface area contributed by atoms with Crippen molar-refractivity contribution in [3.8, 4) is 0 Å². The highest BCUT2D eigenvalue weighted by atomic mass is 79.9. The zero-order valence-corrected chi connectivity index (χ0v) is 11.4. The Bertz CT molecular complexity index is 424. The van der Waals surface area contributed by atoms with Crippen molar-refractivity contribution in [2.75, 3.05) is 11.4 Å². The lowest BCUT2D eigenvalue weighted by molar-refractivity contribution is -0.122. The van der Waals surface area contributed by atoms with E-state index in [0.29, 0.717) is 12.6 Å². The molecule has 2 unspecified atom stereocenters. The lowest BCUT2D eigenvalue weighted by Crippen LogP contribution is -2.45. The molecule has 2 heterocycles. The third-order valence-corrected chi connectivity index (χ3v) is 3.74. The van der Waals surface area contributed by atoms with E-state index in [4.69, 9.17) is 5.73 Å². The summed E-state index contributed by atoms with van der Waals surface area (Å²) in [6.45, 7) is 2.85. The van der Waals surface area contributed by atoms with Crippen molar-refractivity contribution < 1.29 is 4.79 Å². The second-order valence-electron chi connectivity index (χ2n) is 4.54. The number of piperidine rings is 1. The number of carbonyl (C=O) groups excluding carboxylic acids is 1. The van der Waals surface area contributed by atoms with Crippen LogP contribution in [0.25, 0.3) is 0 Å². The molecular weight excluding hydrogens is 282 g/mol. The van der Waals surface area contributed by atoms with Crippen LogP contribution in [0.1, 0.15) is 19.8 Å². The monoisotopic (exact) mass is 297 g/mol. The van der Waals surface area contributed by atoms with Gasteiger partial charge in [0.25, 0.3) is 0 Å². The van der Waals surface area contributed by atoms with Crippen LogP contribution in [0.5, 0.6) is 0 Å². The summed E-state index contributed by atoms with van der Waals surface area (Å²) in [5, 5.41) is 0. The first-order valence-electron chi connectivity index (χ1n) is 5.74. The molecule has 1 amide bonds. The van der Waals surface area contributed by atoms with Gasteiger partial charge in [0.1, 0.15) is 0 Å². The fraction of sp³-hybridized carbons (Fsp3) is 0.500. The van der Waals surface area contributed by atoms with Gasteiger partial charge in [0, 0.05) is 23.3 Å². The normalized spacial score (nSPS) is 24.7. The Kier molecular flexibility index (Phi) is 3.66. The number of hydrogen-bond donors (Lipinski definition) is 1. The third kappa shape index (κ3) is 2.77. The number of nitrogens with two attached hydrogens (primary N) is 1. The molecule has 1 aliphatic rings. The van der Waals surface area contributed by atoms with Gasteiger partial charge in [-0.1, -0.05) is 0 Å². The molecule has 0 aliphatic carbocycles. The standard InChI is InChI=1S/C12H16BrN3O/c1-8-2-3-9(12(14)17)7-16(8)11-4-10(13)5-15-6-11/h4-6,8-9H,2-3,7H2,1H3,(H2,14,17). The molecule has 2 rings (SSSR count). The van der Waals surface area contributed by atoms with Crippen molar-refractivity contribution >= 4 is 27.5 Å². The van der Waals surface area contributed by atoms with Crippen LogP contribution in [0, 0.1) is 5.92 Å². The van der Waals surface area contributed by atoms with Gasteiger partial charge in [-0.15, -0.1) is 0 Å². The van der Waals surface area contributed by atoms with Crippen molar-refractivity contribution in [2.24, 2.45) is 11.7 Å². The minimum Gasteiger partial charge on any atom is -0.369 e. The molecule has 0 bridgehead atoms. The minimum atomic E-state index is -0.204. The number of carbonyl (C=O) groups is 1. The fourth-order valence-electron chi connectivity index (χ4n) is 2.26. The molecule has 1 aliphatic heterocycles. The summed E-state index contributed by atoms with van der Waals surface area (Å²) in [5.41, 5.74) is 6.43. The van der Waals surface area contributed by atoms with Crippen LogP contribution in [0.15, 0.2) is 22.9 Å². The lowest BCUT2D eigenvalue weighted by Gasteiger charge is -2.38. The topological polar surface area (TPSA) is 59.2 Å². The number of halogens is 1. The molecule has 1 aromatic rings. The first kappa shape index (κ1) is 12.4. The lowest BCUT2D eigenvalue weighted by atomic mass is 9.92. The number of aromatic nitrogens is 1. The minimum absolute atomic E-state index is 0.0508. The predicted octanol–water partition coefficient (Wildman–Crippen LogP) is 1.93. The molecule has 0 radical (unpaired) electrons. The van der Waals surface area contributed by atoms with Crippen molar-refractivity contribution in [3.63, 3.8) is 0 Å². The van der Waals surface area contributed by atoms with Gasteiger partial charge in [0.05, 0.1) is 17.8 Å². The second kappa shape index (κ2) is 5.04. The molecular formula is C12H16BrN3O. The number of anilines is 1. The SMILES string of the molecule is CC1CCC(C(N)=O)CN1c1cncc(Br)c1. The Morgan fingerprint density at radius 1 is 1.53 bits per heavy atom. The first-order valence-corrected chi connectivity index (χ1v) is 6.53. The summed E-state index contributed by atoms with van der Waals surface area (Å²) in [7, 11) is 0. The Balaban J connectivity index is 2.20. The van der Waals surface area contributed by atoms with Crippen molar-refractivity contribution in [1.82, 2.24) is 4.98 Å². The van der Waals surface area contributed by atoms with Crippen molar-refractivity contribution in [1.29, 1.82) is 0 Å². The summed E-state index contributed by atoms with van der Waals surface area (Å²) < 4.78 is 0.948. The first-order chi connectivity index (χ1) is 8.08. The molecule has 17 heavy (non-hydrogen) atoms. The van der Waals surface area contributed by atoms with E-state index in [1.165, 1.54) is 0 Å². The van der Waals surface area contributed by atoms with E-state index >= 15 is 0 Å². The third-order valence-electron chi connectivity index (χ3n) is 3.31. The number of pyridine rings is 1. The molecule has 1 fully saturated rings. The zero-order valence-electron chi connectivity index (χ0n) is 9.77. The molecule has 1 saturated heterocycles. The molecule has 1 aromatic heterocycles. The van der Waals surface area contributed by atoms with Crippen LogP contribution < -0.4 is 10.6 Å². The van der Waals surface area contributed by atoms with E-state index in [1.807, 2.05) is 12.3 Å². The molecule has 2 N–H and O–H groups in total. The predicted molar refractivity (Wildman–Crippen MR) is 70.7 cm³/mol. The average molecular weight is 298 g/mol. The van der Waals surface area contributed by atoms with E-state index in [-0.39, 0.29) is 11.8 Å². The Labute approximate surface area is 109 Å². The maximum absolute atomic E-state index is 11.3. The van der Waals surface area contributed by atoms with Crippen LogP contribution in [0.2, 0.25) is 0 Å². The smallest absolute Gasteiger partial charge is 0.222 e. The van der Waals surface area contributed by atoms with Gasteiger partial charge < -0.3 is 10.6 Å². The second-order valence-corrected chi connectivity index (χ2v) is 5.46. The summed E-state index contributed by atoms with van der Waals surface area (Å²) >= 11 is 3.41. The maximum atomic E-state index is 11.3. The summed E-state index contributed by atoms with van der Waals surface area (Å²) in [4.78, 5) is 17.6. The average Bonchev–Trinajstić information content (AvgIpc) is 2.29. The van der Waals surface area contributed by atoms with Crippen LogP contribution in [-0.4, -0.2) is 23.5 Å². The van der Waals surface area contributed by atoms with E-state index < -0.39 is 0 Å². The Hall–Kier alpha value is -1.10. The zero-order chi connectivity index (χ0) is 12.4. The Morgan fingerprint density at radius 2 is 2.29 bits per heavy atom. The highest BCUT2D eigenvalue weighted by Crippen LogP contribution is 2.28. The molecule has 4 nitrogen and oxygen atoms in total. The molecule has 0 aromatic carbocycles. The Morgan fingerprint density at radius 3 is 2.94 bits per heavy atom. The highest BCUT2D eigenvalue weighted by Gasteiger charge is 2.28. The van der Waals surface area contributed by atoms with Crippen molar-refractivity contribution in [2.45, 2.75) is 25.8 Å². The van der Waals surface area contributed by atoms with E-state index in [0.717, 1.165) is 23.0 Å². The van der Waals surface area contributed by atoms with E-state index in [9.17, 15) is 4.79 Å². The number of rotatable bonds is 2. The van der Waals surface area contributed by atoms with Crippen molar-refractivity contribution in [3.05, 3.63) is 22.9 Å². The largest absolute Gasteiger partial charge is 0.369 e. The van der Waals surface area contributed by atoms with E-state index in [2.05, 4.69) is 32.7 Å².